The van der Waals surface area contributed by atoms with Crippen LogP contribution >= 0.6 is 0 Å². The lowest BCUT2D eigenvalue weighted by molar-refractivity contribution is 0.280. The van der Waals surface area contributed by atoms with E-state index in [2.05, 4.69) is 0 Å². The average molecular weight is 301 g/mol. The molecule has 0 radical (unpaired) electrons. The summed E-state index contributed by atoms with van der Waals surface area (Å²) < 4.78 is 31.9. The minimum absolute atomic E-state index is 0.0396. The summed E-state index contributed by atoms with van der Waals surface area (Å²) in [7, 11) is -0.591. The van der Waals surface area contributed by atoms with Gasteiger partial charge in [0.05, 0.1) is 13.7 Å². The summed E-state index contributed by atoms with van der Waals surface area (Å²) in [5.41, 5.74) is 0.617. The first kappa shape index (κ1) is 16.9. The van der Waals surface area contributed by atoms with Crippen LogP contribution in [0.3, 0.4) is 0 Å². The Labute approximate surface area is 121 Å². The number of nitrogens with zero attached hydrogens (tertiary/aromatic N) is 1. The molecular weight excluding hydrogens is 278 g/mol. The normalized spacial score (nSPS) is 12.2. The van der Waals surface area contributed by atoms with E-state index in [1.165, 1.54) is 17.5 Å². The molecule has 20 heavy (non-hydrogen) atoms. The molecule has 6 heteroatoms. The molecule has 5 nitrogen and oxygen atoms in total. The SMILES string of the molecule is CCC(CC)N(C)S(=O)(=O)c1ccc(CO)cc1OC. The minimum atomic E-state index is -3.60. The number of aliphatic hydroxyl groups is 1. The number of rotatable bonds is 7. The zero-order valence-corrected chi connectivity index (χ0v) is 13.3. The zero-order valence-electron chi connectivity index (χ0n) is 12.5. The van der Waals surface area contributed by atoms with Gasteiger partial charge in [-0.25, -0.2) is 8.42 Å². The number of benzene rings is 1. The molecule has 114 valence electrons. The Morgan fingerprint density at radius 3 is 2.35 bits per heavy atom. The third kappa shape index (κ3) is 3.31. The molecule has 0 atom stereocenters. The van der Waals surface area contributed by atoms with E-state index in [0.717, 1.165) is 12.8 Å². The second-order valence-corrected chi connectivity index (χ2v) is 6.60. The van der Waals surface area contributed by atoms with E-state index >= 15 is 0 Å². The van der Waals surface area contributed by atoms with Gasteiger partial charge < -0.3 is 9.84 Å². The summed E-state index contributed by atoms with van der Waals surface area (Å²) in [4.78, 5) is 0.131. The van der Waals surface area contributed by atoms with Crippen LogP contribution in [0, 0.1) is 0 Å². The molecule has 0 saturated carbocycles. The van der Waals surface area contributed by atoms with Gasteiger partial charge >= 0.3 is 0 Å². The number of hydrogen-bond acceptors (Lipinski definition) is 4. The lowest BCUT2D eigenvalue weighted by Crippen LogP contribution is -2.36. The molecule has 1 aromatic rings. The van der Waals surface area contributed by atoms with Crippen molar-refractivity contribution in [2.24, 2.45) is 0 Å². The minimum Gasteiger partial charge on any atom is -0.495 e. The van der Waals surface area contributed by atoms with Crippen LogP contribution in [0.4, 0.5) is 0 Å². The molecule has 0 aromatic heterocycles. The van der Waals surface area contributed by atoms with Crippen LogP contribution in [0.2, 0.25) is 0 Å². The Morgan fingerprint density at radius 1 is 1.30 bits per heavy atom. The Balaban J connectivity index is 3.28. The van der Waals surface area contributed by atoms with E-state index in [1.54, 1.807) is 19.2 Å². The average Bonchev–Trinajstić information content (AvgIpc) is 2.47. The molecule has 1 aromatic carbocycles. The highest BCUT2D eigenvalue weighted by atomic mass is 32.2. The molecule has 0 aliphatic heterocycles. The summed E-state index contributed by atoms with van der Waals surface area (Å²) in [5, 5.41) is 9.11. The molecule has 0 unspecified atom stereocenters. The van der Waals surface area contributed by atoms with Gasteiger partial charge in [0.2, 0.25) is 10.0 Å². The Hall–Kier alpha value is -1.11. The van der Waals surface area contributed by atoms with Gasteiger partial charge in [-0.2, -0.15) is 4.31 Å². The summed E-state index contributed by atoms with van der Waals surface area (Å²) in [5.74, 6) is 0.259. The molecule has 0 bridgehead atoms. The van der Waals surface area contributed by atoms with Gasteiger partial charge in [0.1, 0.15) is 10.6 Å². The van der Waals surface area contributed by atoms with Crippen molar-refractivity contribution in [1.29, 1.82) is 0 Å². The number of sulfonamides is 1. The van der Waals surface area contributed by atoms with Crippen LogP contribution in [-0.2, 0) is 16.6 Å². The molecule has 1 N–H and O–H groups in total. The smallest absolute Gasteiger partial charge is 0.246 e. The largest absolute Gasteiger partial charge is 0.495 e. The zero-order chi connectivity index (χ0) is 15.3. The molecule has 0 heterocycles. The van der Waals surface area contributed by atoms with Gasteiger partial charge in [0, 0.05) is 13.1 Å². The van der Waals surface area contributed by atoms with Gasteiger partial charge in [0.15, 0.2) is 0 Å². The van der Waals surface area contributed by atoms with E-state index in [1.807, 2.05) is 13.8 Å². The second-order valence-electron chi connectivity index (χ2n) is 4.63. The third-order valence-electron chi connectivity index (χ3n) is 3.52. The highest BCUT2D eigenvalue weighted by Gasteiger charge is 2.28. The molecule has 1 rings (SSSR count). The van der Waals surface area contributed by atoms with Gasteiger partial charge in [-0.3, -0.25) is 0 Å². The third-order valence-corrected chi connectivity index (χ3v) is 5.47. The second kappa shape index (κ2) is 7.06. The fourth-order valence-corrected chi connectivity index (χ4v) is 3.82. The van der Waals surface area contributed by atoms with Crippen molar-refractivity contribution in [3.8, 4) is 5.75 Å². The van der Waals surface area contributed by atoms with Crippen molar-refractivity contribution in [2.75, 3.05) is 14.2 Å². The summed E-state index contributed by atoms with van der Waals surface area (Å²) >= 11 is 0. The van der Waals surface area contributed by atoms with Crippen LogP contribution in [0.25, 0.3) is 0 Å². The van der Waals surface area contributed by atoms with Crippen LogP contribution in [0.5, 0.6) is 5.75 Å². The van der Waals surface area contributed by atoms with E-state index in [-0.39, 0.29) is 23.3 Å². The Morgan fingerprint density at radius 2 is 1.90 bits per heavy atom. The van der Waals surface area contributed by atoms with Crippen molar-refractivity contribution in [3.63, 3.8) is 0 Å². The molecule has 0 amide bonds. The van der Waals surface area contributed by atoms with Crippen molar-refractivity contribution in [3.05, 3.63) is 23.8 Å². The number of ether oxygens (including phenoxy) is 1. The molecule has 0 aliphatic rings. The standard InChI is InChI=1S/C14H23NO4S/c1-5-12(6-2)15(3)20(17,18)14-8-7-11(10-16)9-13(14)19-4/h7-9,12,16H,5-6,10H2,1-4H3. The van der Waals surface area contributed by atoms with E-state index < -0.39 is 10.0 Å². The van der Waals surface area contributed by atoms with Crippen molar-refractivity contribution in [1.82, 2.24) is 4.31 Å². The fraction of sp³-hybridized carbons (Fsp3) is 0.571. The first-order valence-corrected chi connectivity index (χ1v) is 8.12. The van der Waals surface area contributed by atoms with E-state index in [0.29, 0.717) is 5.56 Å². The maximum Gasteiger partial charge on any atom is 0.246 e. The monoisotopic (exact) mass is 301 g/mol. The van der Waals surface area contributed by atoms with Crippen molar-refractivity contribution >= 4 is 10.0 Å². The van der Waals surface area contributed by atoms with Crippen molar-refractivity contribution < 1.29 is 18.3 Å². The Bertz CT molecular complexity index is 538. The maximum atomic E-state index is 12.7. The van der Waals surface area contributed by atoms with Gasteiger partial charge in [0.25, 0.3) is 0 Å². The molecule has 0 fully saturated rings. The number of aliphatic hydroxyl groups excluding tert-OH is 1. The van der Waals surface area contributed by atoms with Crippen LogP contribution in [0.1, 0.15) is 32.3 Å². The predicted octanol–water partition coefficient (Wildman–Crippen LogP) is 2.00. The molecule has 0 aliphatic carbocycles. The van der Waals surface area contributed by atoms with Gasteiger partial charge in [-0.05, 0) is 30.5 Å². The fourth-order valence-electron chi connectivity index (χ4n) is 2.18. The van der Waals surface area contributed by atoms with E-state index in [4.69, 9.17) is 9.84 Å². The topological polar surface area (TPSA) is 66.8 Å². The Kier molecular flexibility index (Phi) is 5.98. The highest BCUT2D eigenvalue weighted by molar-refractivity contribution is 7.89. The van der Waals surface area contributed by atoms with Crippen LogP contribution < -0.4 is 4.74 Å². The lowest BCUT2D eigenvalue weighted by Gasteiger charge is -2.26. The van der Waals surface area contributed by atoms with Crippen molar-refractivity contribution in [2.45, 2.75) is 44.2 Å². The van der Waals surface area contributed by atoms with Crippen LogP contribution in [-0.4, -0.2) is 38.0 Å². The molecule has 0 spiro atoms. The maximum absolute atomic E-state index is 12.7. The van der Waals surface area contributed by atoms with Gasteiger partial charge in [-0.1, -0.05) is 19.9 Å². The quantitative estimate of drug-likeness (QED) is 0.836. The summed E-state index contributed by atoms with van der Waals surface area (Å²) in [6, 6.07) is 4.59. The number of methoxy groups -OCH3 is 1. The van der Waals surface area contributed by atoms with E-state index in [9.17, 15) is 8.42 Å². The van der Waals surface area contributed by atoms with Crippen LogP contribution in [0.15, 0.2) is 23.1 Å². The molecule has 0 saturated heterocycles. The summed E-state index contributed by atoms with van der Waals surface area (Å²) in [6.07, 6.45) is 1.51. The first-order valence-electron chi connectivity index (χ1n) is 6.68. The highest BCUT2D eigenvalue weighted by Crippen LogP contribution is 2.29. The van der Waals surface area contributed by atoms with Gasteiger partial charge in [-0.15, -0.1) is 0 Å². The summed E-state index contributed by atoms with van der Waals surface area (Å²) in [6.45, 7) is 3.78. The molecular formula is C14H23NO4S. The lowest BCUT2D eigenvalue weighted by atomic mass is 10.2. The predicted molar refractivity (Wildman–Crippen MR) is 78.2 cm³/mol. The first-order chi connectivity index (χ1) is 9.42. The number of hydrogen-bond donors (Lipinski definition) is 1.